The molecular weight excluding hydrogens is 322 g/mol. The fraction of sp³-hybridized carbons (Fsp3) is 0.529. The third-order valence-electron chi connectivity index (χ3n) is 3.95. The minimum atomic E-state index is 0.196. The van der Waals surface area contributed by atoms with Gasteiger partial charge in [0, 0.05) is 37.6 Å². The summed E-state index contributed by atoms with van der Waals surface area (Å²) >= 11 is 1.45. The highest BCUT2D eigenvalue weighted by Gasteiger charge is 2.32. The van der Waals surface area contributed by atoms with Gasteiger partial charge >= 0.3 is 0 Å². The minimum absolute atomic E-state index is 0.196. The van der Waals surface area contributed by atoms with E-state index in [-0.39, 0.29) is 5.91 Å². The van der Waals surface area contributed by atoms with Crippen molar-refractivity contribution in [3.8, 4) is 11.4 Å². The molecule has 0 radical (unpaired) electrons. The van der Waals surface area contributed by atoms with Gasteiger partial charge in [0.05, 0.1) is 5.75 Å². The second-order valence-electron chi connectivity index (χ2n) is 6.57. The third kappa shape index (κ3) is 3.95. The predicted octanol–water partition coefficient (Wildman–Crippen LogP) is 2.62. The maximum atomic E-state index is 12.6. The molecule has 1 saturated carbocycles. The average molecular weight is 345 g/mol. The van der Waals surface area contributed by atoms with Gasteiger partial charge in [-0.1, -0.05) is 25.6 Å². The zero-order valence-corrected chi connectivity index (χ0v) is 15.2. The van der Waals surface area contributed by atoms with E-state index >= 15 is 0 Å². The molecule has 0 bridgehead atoms. The number of hydrogen-bond donors (Lipinski definition) is 0. The summed E-state index contributed by atoms with van der Waals surface area (Å²) in [7, 11) is 1.92. The Labute approximate surface area is 146 Å². The van der Waals surface area contributed by atoms with E-state index in [1.54, 1.807) is 12.4 Å². The Morgan fingerprint density at radius 3 is 2.83 bits per heavy atom. The standard InChI is InChI=1S/C17H23N5OS/c1-12(2)10-22(14-6-7-14)15(23)11-24-17-20-19-16(21(17)3)13-5-4-8-18-9-13/h4-5,8-9,12,14H,6-7,10-11H2,1-3H3. The van der Waals surface area contributed by atoms with Gasteiger partial charge in [0.1, 0.15) is 0 Å². The van der Waals surface area contributed by atoms with Crippen LogP contribution in [0.5, 0.6) is 0 Å². The molecule has 1 fully saturated rings. The van der Waals surface area contributed by atoms with Crippen molar-refractivity contribution < 1.29 is 4.79 Å². The first-order valence-corrected chi connectivity index (χ1v) is 9.27. The maximum absolute atomic E-state index is 12.6. The second-order valence-corrected chi connectivity index (χ2v) is 7.51. The number of hydrogen-bond acceptors (Lipinski definition) is 5. The van der Waals surface area contributed by atoms with Crippen LogP contribution in [0.25, 0.3) is 11.4 Å². The number of amides is 1. The van der Waals surface area contributed by atoms with Gasteiger partial charge in [0.25, 0.3) is 0 Å². The molecular formula is C17H23N5OS. The molecule has 0 saturated heterocycles. The van der Waals surface area contributed by atoms with Crippen molar-refractivity contribution in [3.05, 3.63) is 24.5 Å². The van der Waals surface area contributed by atoms with E-state index in [0.717, 1.165) is 35.9 Å². The number of nitrogens with zero attached hydrogens (tertiary/aromatic N) is 5. The largest absolute Gasteiger partial charge is 0.339 e. The molecule has 7 heteroatoms. The van der Waals surface area contributed by atoms with E-state index < -0.39 is 0 Å². The maximum Gasteiger partial charge on any atom is 0.233 e. The van der Waals surface area contributed by atoms with Gasteiger partial charge in [-0.2, -0.15) is 0 Å². The van der Waals surface area contributed by atoms with Gasteiger partial charge in [-0.15, -0.1) is 10.2 Å². The molecule has 3 rings (SSSR count). The Morgan fingerprint density at radius 1 is 1.42 bits per heavy atom. The summed E-state index contributed by atoms with van der Waals surface area (Å²) in [5, 5.41) is 9.21. The molecule has 0 atom stereocenters. The van der Waals surface area contributed by atoms with Crippen molar-refractivity contribution in [2.75, 3.05) is 12.3 Å². The van der Waals surface area contributed by atoms with Crippen LogP contribution in [0.4, 0.5) is 0 Å². The smallest absolute Gasteiger partial charge is 0.233 e. The normalized spacial score (nSPS) is 14.2. The molecule has 0 aliphatic heterocycles. The monoisotopic (exact) mass is 345 g/mol. The molecule has 1 aliphatic rings. The zero-order chi connectivity index (χ0) is 17.1. The van der Waals surface area contributed by atoms with Gasteiger partial charge in [0.15, 0.2) is 11.0 Å². The molecule has 0 N–H and O–H groups in total. The topological polar surface area (TPSA) is 63.9 Å². The molecule has 1 aliphatic carbocycles. The van der Waals surface area contributed by atoms with Crippen LogP contribution >= 0.6 is 11.8 Å². The van der Waals surface area contributed by atoms with Crippen LogP contribution in [0.1, 0.15) is 26.7 Å². The number of thioether (sulfide) groups is 1. The zero-order valence-electron chi connectivity index (χ0n) is 14.3. The first kappa shape index (κ1) is 17.0. The Bertz CT molecular complexity index is 696. The van der Waals surface area contributed by atoms with Crippen LogP contribution in [0.3, 0.4) is 0 Å². The Kier molecular flexibility index (Phi) is 5.18. The lowest BCUT2D eigenvalue weighted by molar-refractivity contribution is -0.129. The summed E-state index contributed by atoms with van der Waals surface area (Å²) < 4.78 is 1.92. The van der Waals surface area contributed by atoms with E-state index in [0.29, 0.717) is 17.7 Å². The lowest BCUT2D eigenvalue weighted by Gasteiger charge is -2.24. The Morgan fingerprint density at radius 2 is 2.21 bits per heavy atom. The van der Waals surface area contributed by atoms with E-state index in [2.05, 4.69) is 29.0 Å². The Hall–Kier alpha value is -1.89. The van der Waals surface area contributed by atoms with Crippen molar-refractivity contribution >= 4 is 17.7 Å². The van der Waals surface area contributed by atoms with Gasteiger partial charge in [-0.05, 0) is 30.9 Å². The predicted molar refractivity (Wildman–Crippen MR) is 94.5 cm³/mol. The molecule has 0 aromatic carbocycles. The lowest BCUT2D eigenvalue weighted by Crippen LogP contribution is -2.37. The SMILES string of the molecule is CC(C)CN(C(=O)CSc1nnc(-c2cccnc2)n1C)C1CC1. The first-order valence-electron chi connectivity index (χ1n) is 8.28. The van der Waals surface area contributed by atoms with Gasteiger partial charge < -0.3 is 9.47 Å². The number of carbonyl (C=O) groups is 1. The average Bonchev–Trinajstić information content (AvgIpc) is 3.34. The molecule has 1 amide bonds. The minimum Gasteiger partial charge on any atom is -0.339 e. The van der Waals surface area contributed by atoms with Crippen molar-refractivity contribution in [3.63, 3.8) is 0 Å². The van der Waals surface area contributed by atoms with Crippen LogP contribution in [0.15, 0.2) is 29.7 Å². The summed E-state index contributed by atoms with van der Waals surface area (Å²) in [6.07, 6.45) is 5.77. The highest BCUT2D eigenvalue weighted by Crippen LogP contribution is 2.29. The highest BCUT2D eigenvalue weighted by atomic mass is 32.2. The number of aromatic nitrogens is 4. The van der Waals surface area contributed by atoms with Crippen molar-refractivity contribution in [2.45, 2.75) is 37.9 Å². The van der Waals surface area contributed by atoms with Gasteiger partial charge in [-0.3, -0.25) is 9.78 Å². The number of pyridine rings is 1. The van der Waals surface area contributed by atoms with E-state index in [1.807, 2.05) is 28.6 Å². The number of rotatable bonds is 7. The summed E-state index contributed by atoms with van der Waals surface area (Å²) in [6, 6.07) is 4.28. The van der Waals surface area contributed by atoms with Crippen molar-refractivity contribution in [2.24, 2.45) is 13.0 Å². The van der Waals surface area contributed by atoms with Crippen LogP contribution in [-0.2, 0) is 11.8 Å². The molecule has 2 aromatic rings. The lowest BCUT2D eigenvalue weighted by atomic mass is 10.2. The fourth-order valence-corrected chi connectivity index (χ4v) is 3.43. The van der Waals surface area contributed by atoms with Crippen molar-refractivity contribution in [1.82, 2.24) is 24.6 Å². The van der Waals surface area contributed by atoms with Crippen LogP contribution in [0.2, 0.25) is 0 Å². The molecule has 24 heavy (non-hydrogen) atoms. The van der Waals surface area contributed by atoms with Crippen LogP contribution in [-0.4, -0.2) is 48.9 Å². The van der Waals surface area contributed by atoms with E-state index in [4.69, 9.17) is 0 Å². The quantitative estimate of drug-likeness (QED) is 0.722. The summed E-state index contributed by atoms with van der Waals surface area (Å²) in [6.45, 7) is 5.14. The first-order chi connectivity index (χ1) is 11.6. The molecule has 0 unspecified atom stereocenters. The second kappa shape index (κ2) is 7.34. The molecule has 2 heterocycles. The molecule has 2 aromatic heterocycles. The number of carbonyl (C=O) groups excluding carboxylic acids is 1. The van der Waals surface area contributed by atoms with Gasteiger partial charge in [0.2, 0.25) is 5.91 Å². The third-order valence-corrected chi connectivity index (χ3v) is 4.95. The molecule has 0 spiro atoms. The van der Waals surface area contributed by atoms with Crippen molar-refractivity contribution in [1.29, 1.82) is 0 Å². The van der Waals surface area contributed by atoms with Gasteiger partial charge in [-0.25, -0.2) is 0 Å². The summed E-state index contributed by atoms with van der Waals surface area (Å²) in [5.74, 6) is 1.86. The molecule has 128 valence electrons. The Balaban J connectivity index is 1.64. The highest BCUT2D eigenvalue weighted by molar-refractivity contribution is 7.99. The fourth-order valence-electron chi connectivity index (χ4n) is 2.63. The van der Waals surface area contributed by atoms with E-state index in [1.165, 1.54) is 11.8 Å². The van der Waals surface area contributed by atoms with Crippen LogP contribution < -0.4 is 0 Å². The summed E-state index contributed by atoms with van der Waals surface area (Å²) in [4.78, 5) is 18.7. The van der Waals surface area contributed by atoms with E-state index in [9.17, 15) is 4.79 Å². The summed E-state index contributed by atoms with van der Waals surface area (Å²) in [5.41, 5.74) is 0.921. The molecule has 6 nitrogen and oxygen atoms in total. The van der Waals surface area contributed by atoms with Crippen LogP contribution in [0, 0.1) is 5.92 Å².